The number of rotatable bonds is 0. The predicted molar refractivity (Wildman–Crippen MR) is 135 cm³/mol. The molecule has 5 aromatic rings. The van der Waals surface area contributed by atoms with Gasteiger partial charge in [-0.25, -0.2) is 0 Å². The van der Waals surface area contributed by atoms with E-state index in [9.17, 15) is 0 Å². The number of fused-ring (bicyclic) bond motifs is 6. The first-order valence-electron chi connectivity index (χ1n) is 11.2. The fourth-order valence-electron chi connectivity index (χ4n) is 3.37. The molecule has 0 spiro atoms. The molecule has 2 heteroatoms. The van der Waals surface area contributed by atoms with Gasteiger partial charge >= 0.3 is 0 Å². The molecule has 2 heterocycles. The summed E-state index contributed by atoms with van der Waals surface area (Å²) in [6.07, 6.45) is 0. The lowest BCUT2D eigenvalue weighted by Gasteiger charge is -1.94. The number of aromatic nitrogens is 2. The first-order valence-corrected chi connectivity index (χ1v) is 11.2. The number of aromatic amines is 2. The molecule has 2 nitrogen and oxygen atoms in total. The summed E-state index contributed by atoms with van der Waals surface area (Å²) in [5.41, 5.74) is 6.09. The first kappa shape index (κ1) is 24.3. The van der Waals surface area contributed by atoms with Gasteiger partial charge in [-0.05, 0) is 36.8 Å². The molecule has 0 fully saturated rings. The lowest BCUT2D eigenvalue weighted by Crippen LogP contribution is -1.71. The number of hydrogen-bond acceptors (Lipinski definition) is 0. The van der Waals surface area contributed by atoms with Crippen LogP contribution in [-0.4, -0.2) is 9.97 Å². The van der Waals surface area contributed by atoms with Gasteiger partial charge in [0.25, 0.3) is 0 Å². The predicted octanol–water partition coefficient (Wildman–Crippen LogP) is 9.37. The highest BCUT2D eigenvalue weighted by Crippen LogP contribution is 2.33. The van der Waals surface area contributed by atoms with Gasteiger partial charge in [0.05, 0.1) is 0 Å². The Labute approximate surface area is 176 Å². The smallest absolute Gasteiger partial charge is 0.0472 e. The highest BCUT2D eigenvalue weighted by molar-refractivity contribution is 6.17. The van der Waals surface area contributed by atoms with Crippen molar-refractivity contribution in [1.82, 2.24) is 9.97 Å². The summed E-state index contributed by atoms with van der Waals surface area (Å²) in [4.78, 5) is 7.07. The van der Waals surface area contributed by atoms with Crippen molar-refractivity contribution in [3.8, 4) is 0 Å². The lowest BCUT2D eigenvalue weighted by atomic mass is 10.1. The Morgan fingerprint density at radius 3 is 1.48 bits per heavy atom. The maximum Gasteiger partial charge on any atom is 0.0472 e. The van der Waals surface area contributed by atoms with Crippen molar-refractivity contribution in [3.05, 3.63) is 60.2 Å². The highest BCUT2D eigenvalue weighted by Gasteiger charge is 2.09. The number of H-pyrrole nitrogens is 2. The average Bonchev–Trinajstić information content (AvgIpc) is 3.34. The van der Waals surface area contributed by atoms with E-state index in [-0.39, 0.29) is 0 Å². The van der Waals surface area contributed by atoms with Crippen LogP contribution in [0.5, 0.6) is 0 Å². The van der Waals surface area contributed by atoms with Crippen LogP contribution in [0.4, 0.5) is 0 Å². The second-order valence-electron chi connectivity index (χ2n) is 5.79. The van der Waals surface area contributed by atoms with Gasteiger partial charge in [0.2, 0.25) is 0 Å². The van der Waals surface area contributed by atoms with Crippen LogP contribution in [0.2, 0.25) is 0 Å². The zero-order valence-electron chi connectivity index (χ0n) is 19.7. The van der Waals surface area contributed by atoms with E-state index < -0.39 is 0 Å². The van der Waals surface area contributed by atoms with E-state index in [0.717, 1.165) is 0 Å². The Morgan fingerprint density at radius 2 is 0.897 bits per heavy atom. The molecular formula is C27H38N2. The average molecular weight is 391 g/mol. The Kier molecular flexibility index (Phi) is 10.0. The monoisotopic (exact) mass is 390 g/mol. The van der Waals surface area contributed by atoms with E-state index in [0.29, 0.717) is 0 Å². The maximum atomic E-state index is 3.55. The normalized spacial score (nSPS) is 9.55. The van der Waals surface area contributed by atoms with Crippen molar-refractivity contribution < 1.29 is 0 Å². The van der Waals surface area contributed by atoms with Crippen LogP contribution in [0.1, 0.15) is 61.0 Å². The molecule has 0 radical (unpaired) electrons. The molecule has 0 unspecified atom stereocenters. The molecule has 29 heavy (non-hydrogen) atoms. The molecule has 0 atom stereocenters. The second-order valence-corrected chi connectivity index (χ2v) is 5.79. The minimum Gasteiger partial charge on any atom is -0.354 e. The van der Waals surface area contributed by atoms with Crippen LogP contribution in [0.25, 0.3) is 43.6 Å². The fraction of sp³-hybridized carbons (Fsp3) is 0.333. The van der Waals surface area contributed by atoms with E-state index in [1.54, 1.807) is 0 Å². The molecule has 156 valence electrons. The van der Waals surface area contributed by atoms with E-state index in [1.165, 1.54) is 49.2 Å². The molecule has 0 saturated carbocycles. The van der Waals surface area contributed by atoms with Gasteiger partial charge in [-0.3, -0.25) is 0 Å². The van der Waals surface area contributed by atoms with Crippen molar-refractivity contribution >= 4 is 43.6 Å². The van der Waals surface area contributed by atoms with Crippen molar-refractivity contribution in [2.24, 2.45) is 0 Å². The van der Waals surface area contributed by atoms with Gasteiger partial charge in [0.15, 0.2) is 0 Å². The third-order valence-electron chi connectivity index (χ3n) is 4.38. The van der Waals surface area contributed by atoms with Gasteiger partial charge in [-0.2, -0.15) is 0 Å². The third kappa shape index (κ3) is 4.82. The van der Waals surface area contributed by atoms with Crippen LogP contribution in [-0.2, 0) is 0 Å². The third-order valence-corrected chi connectivity index (χ3v) is 4.38. The van der Waals surface area contributed by atoms with Gasteiger partial charge in [-0.1, -0.05) is 85.7 Å². The van der Waals surface area contributed by atoms with Gasteiger partial charge < -0.3 is 9.97 Å². The molecule has 0 bridgehead atoms. The molecule has 0 amide bonds. The molecule has 0 aliphatic rings. The Balaban J connectivity index is 0.000000475. The minimum atomic E-state index is 1.19. The van der Waals surface area contributed by atoms with Crippen molar-refractivity contribution in [2.75, 3.05) is 0 Å². The van der Waals surface area contributed by atoms with E-state index in [4.69, 9.17) is 0 Å². The highest BCUT2D eigenvalue weighted by atomic mass is 14.7. The van der Waals surface area contributed by atoms with E-state index in [2.05, 4.69) is 71.5 Å². The molecule has 5 rings (SSSR count). The maximum absolute atomic E-state index is 3.55. The molecule has 2 aromatic heterocycles. The Hall–Kier alpha value is -2.74. The van der Waals surface area contributed by atoms with Crippen LogP contribution >= 0.6 is 0 Å². The van der Waals surface area contributed by atoms with Gasteiger partial charge in [0.1, 0.15) is 0 Å². The summed E-state index contributed by atoms with van der Waals surface area (Å²) in [7, 11) is 0. The largest absolute Gasteiger partial charge is 0.354 e. The SMILES string of the molecule is CC.CC.CC.CC.Cc1ccc2c(c1)[nH]c1cc3c(cc12)[nH]c1ccccc13. The summed E-state index contributed by atoms with van der Waals surface area (Å²) in [5.74, 6) is 0. The van der Waals surface area contributed by atoms with E-state index >= 15 is 0 Å². The fourth-order valence-corrected chi connectivity index (χ4v) is 3.37. The quantitative estimate of drug-likeness (QED) is 0.264. The first-order chi connectivity index (χ1) is 14.3. The number of aryl methyl sites for hydroxylation is 1. The van der Waals surface area contributed by atoms with Crippen molar-refractivity contribution in [3.63, 3.8) is 0 Å². The van der Waals surface area contributed by atoms with Crippen LogP contribution in [0.15, 0.2) is 54.6 Å². The molecule has 2 N–H and O–H groups in total. The number of para-hydroxylation sites is 1. The number of benzene rings is 3. The summed E-state index contributed by atoms with van der Waals surface area (Å²) in [6.45, 7) is 18.1. The zero-order valence-corrected chi connectivity index (χ0v) is 19.7. The van der Waals surface area contributed by atoms with Crippen molar-refractivity contribution in [2.45, 2.75) is 62.3 Å². The van der Waals surface area contributed by atoms with Gasteiger partial charge in [-0.15, -0.1) is 0 Å². The lowest BCUT2D eigenvalue weighted by molar-refractivity contribution is 1.47. The molecule has 3 aromatic carbocycles. The van der Waals surface area contributed by atoms with Crippen LogP contribution in [0, 0.1) is 6.92 Å². The van der Waals surface area contributed by atoms with E-state index in [1.807, 2.05) is 55.4 Å². The van der Waals surface area contributed by atoms with Crippen LogP contribution in [0.3, 0.4) is 0 Å². The van der Waals surface area contributed by atoms with Gasteiger partial charge in [0, 0.05) is 43.6 Å². The Morgan fingerprint density at radius 1 is 0.448 bits per heavy atom. The minimum absolute atomic E-state index is 1.19. The summed E-state index contributed by atoms with van der Waals surface area (Å²) >= 11 is 0. The molecule has 0 aliphatic carbocycles. The molecular weight excluding hydrogens is 352 g/mol. The second kappa shape index (κ2) is 12.0. The number of hydrogen-bond donors (Lipinski definition) is 2. The van der Waals surface area contributed by atoms with Crippen molar-refractivity contribution in [1.29, 1.82) is 0 Å². The summed E-state index contributed by atoms with van der Waals surface area (Å²) in [6, 6.07) is 19.6. The molecule has 0 saturated heterocycles. The summed E-state index contributed by atoms with van der Waals surface area (Å²) in [5, 5.41) is 5.13. The number of nitrogens with one attached hydrogen (secondary N) is 2. The molecule has 0 aliphatic heterocycles. The standard InChI is InChI=1S/C19H14N2.4C2H6/c1-11-6-7-13-15-10-18-14(9-19(15)21-17(13)8-11)12-4-2-3-5-16(12)20-18;4*1-2/h2-10,20-21H,1H3;4*1-2H3. The Bertz CT molecular complexity index is 1140. The zero-order chi connectivity index (χ0) is 22.0. The summed E-state index contributed by atoms with van der Waals surface area (Å²) < 4.78 is 0. The van der Waals surface area contributed by atoms with Crippen LogP contribution < -0.4 is 0 Å². The topological polar surface area (TPSA) is 31.6 Å².